The topological polar surface area (TPSA) is 46.2 Å². The van der Waals surface area contributed by atoms with Crippen LogP contribution in [-0.4, -0.2) is 5.11 Å². The van der Waals surface area contributed by atoms with Crippen molar-refractivity contribution in [2.75, 3.05) is 0 Å². The minimum absolute atomic E-state index is 0.252. The Labute approximate surface area is 91.1 Å². The summed E-state index contributed by atoms with van der Waals surface area (Å²) in [6.45, 7) is 1.99. The lowest BCUT2D eigenvalue weighted by molar-refractivity contribution is 0.416. The van der Waals surface area contributed by atoms with Gasteiger partial charge < -0.3 is 10.8 Å². The van der Waals surface area contributed by atoms with Crippen molar-refractivity contribution in [1.82, 2.24) is 0 Å². The van der Waals surface area contributed by atoms with E-state index in [9.17, 15) is 9.50 Å². The van der Waals surface area contributed by atoms with Crippen molar-refractivity contribution in [2.45, 2.75) is 25.8 Å². The number of rotatable bonds is 3. The van der Waals surface area contributed by atoms with Gasteiger partial charge in [-0.15, -0.1) is 0 Å². The lowest BCUT2D eigenvalue weighted by atomic mass is 10.0. The van der Waals surface area contributed by atoms with E-state index in [1.54, 1.807) is 12.1 Å². The first-order valence-electron chi connectivity index (χ1n) is 4.50. The van der Waals surface area contributed by atoms with E-state index in [1.165, 1.54) is 0 Å². The molecular formula is C10H13BrFNO. The highest BCUT2D eigenvalue weighted by atomic mass is 79.9. The molecule has 0 fully saturated rings. The predicted molar refractivity (Wildman–Crippen MR) is 57.6 cm³/mol. The summed E-state index contributed by atoms with van der Waals surface area (Å²) in [5, 5.41) is 9.49. The highest BCUT2D eigenvalue weighted by molar-refractivity contribution is 9.10. The standard InChI is InChI=1S/C10H13BrFNO/c1-2-3-8(13)6-4-5-7(11)9(12)10(6)14/h4-5,8,14H,2-3,13H2,1H3/t8-/m0/s1. The van der Waals surface area contributed by atoms with Gasteiger partial charge >= 0.3 is 0 Å². The molecule has 4 heteroatoms. The second kappa shape index (κ2) is 4.75. The van der Waals surface area contributed by atoms with Crippen molar-refractivity contribution in [2.24, 2.45) is 5.73 Å². The van der Waals surface area contributed by atoms with Crippen molar-refractivity contribution in [1.29, 1.82) is 0 Å². The van der Waals surface area contributed by atoms with Crippen LogP contribution in [0.2, 0.25) is 0 Å². The van der Waals surface area contributed by atoms with Crippen LogP contribution in [0.25, 0.3) is 0 Å². The minimum Gasteiger partial charge on any atom is -0.505 e. The van der Waals surface area contributed by atoms with Crippen molar-refractivity contribution in [3.05, 3.63) is 28.0 Å². The molecule has 0 aromatic heterocycles. The Balaban J connectivity index is 3.04. The minimum atomic E-state index is -0.644. The van der Waals surface area contributed by atoms with Crippen LogP contribution >= 0.6 is 15.9 Å². The first kappa shape index (κ1) is 11.5. The summed E-state index contributed by atoms with van der Waals surface area (Å²) in [4.78, 5) is 0. The fourth-order valence-electron chi connectivity index (χ4n) is 1.32. The number of nitrogens with two attached hydrogens (primary N) is 1. The van der Waals surface area contributed by atoms with Crippen LogP contribution in [0.15, 0.2) is 16.6 Å². The summed E-state index contributed by atoms with van der Waals surface area (Å²) in [7, 11) is 0. The van der Waals surface area contributed by atoms with Crippen LogP contribution in [0.3, 0.4) is 0 Å². The highest BCUT2D eigenvalue weighted by Crippen LogP contribution is 2.32. The molecule has 0 radical (unpaired) electrons. The van der Waals surface area contributed by atoms with Gasteiger partial charge in [-0.05, 0) is 28.4 Å². The monoisotopic (exact) mass is 261 g/mol. The van der Waals surface area contributed by atoms with Crippen LogP contribution in [0.5, 0.6) is 5.75 Å². The van der Waals surface area contributed by atoms with Gasteiger partial charge in [0.2, 0.25) is 0 Å². The number of phenolic OH excluding ortho intramolecular Hbond substituents is 1. The maximum absolute atomic E-state index is 13.2. The van der Waals surface area contributed by atoms with E-state index in [1.807, 2.05) is 6.92 Å². The fourth-order valence-corrected chi connectivity index (χ4v) is 1.64. The second-order valence-electron chi connectivity index (χ2n) is 3.19. The second-order valence-corrected chi connectivity index (χ2v) is 4.05. The average molecular weight is 262 g/mol. The molecule has 0 spiro atoms. The van der Waals surface area contributed by atoms with Gasteiger partial charge in [-0.25, -0.2) is 4.39 Å². The molecule has 1 aromatic rings. The van der Waals surface area contributed by atoms with E-state index in [0.717, 1.165) is 12.8 Å². The third-order valence-electron chi connectivity index (χ3n) is 2.10. The Kier molecular flexibility index (Phi) is 3.89. The van der Waals surface area contributed by atoms with Crippen molar-refractivity contribution in [3.8, 4) is 5.75 Å². The summed E-state index contributed by atoms with van der Waals surface area (Å²) in [6, 6.07) is 2.89. The lowest BCUT2D eigenvalue weighted by Gasteiger charge is -2.13. The lowest BCUT2D eigenvalue weighted by Crippen LogP contribution is -2.10. The number of halogens is 2. The molecule has 2 nitrogen and oxygen atoms in total. The largest absolute Gasteiger partial charge is 0.505 e. The zero-order chi connectivity index (χ0) is 10.7. The Bertz CT molecular complexity index is 330. The molecule has 0 bridgehead atoms. The molecule has 0 saturated carbocycles. The molecule has 1 rings (SSSR count). The number of hydrogen-bond acceptors (Lipinski definition) is 2. The molecule has 78 valence electrons. The summed E-state index contributed by atoms with van der Waals surface area (Å²) in [6.07, 6.45) is 1.63. The summed E-state index contributed by atoms with van der Waals surface area (Å²) >= 11 is 2.99. The van der Waals surface area contributed by atoms with E-state index in [-0.39, 0.29) is 16.3 Å². The van der Waals surface area contributed by atoms with Gasteiger partial charge in [0.1, 0.15) is 0 Å². The summed E-state index contributed by atoms with van der Waals surface area (Å²) in [5.41, 5.74) is 6.25. The highest BCUT2D eigenvalue weighted by Gasteiger charge is 2.15. The van der Waals surface area contributed by atoms with Crippen LogP contribution in [-0.2, 0) is 0 Å². The van der Waals surface area contributed by atoms with E-state index >= 15 is 0 Å². The Morgan fingerprint density at radius 3 is 2.79 bits per heavy atom. The summed E-state index contributed by atoms with van der Waals surface area (Å²) < 4.78 is 13.5. The zero-order valence-electron chi connectivity index (χ0n) is 7.93. The molecule has 1 aromatic carbocycles. The van der Waals surface area contributed by atoms with Crippen LogP contribution < -0.4 is 5.73 Å². The van der Waals surface area contributed by atoms with Gasteiger partial charge in [0.05, 0.1) is 4.47 Å². The maximum atomic E-state index is 13.2. The molecule has 14 heavy (non-hydrogen) atoms. The molecule has 0 unspecified atom stereocenters. The van der Waals surface area contributed by atoms with Gasteiger partial charge in [-0.3, -0.25) is 0 Å². The molecule has 0 amide bonds. The zero-order valence-corrected chi connectivity index (χ0v) is 9.51. The Morgan fingerprint density at radius 1 is 1.57 bits per heavy atom. The number of phenols is 1. The average Bonchev–Trinajstić information content (AvgIpc) is 2.15. The predicted octanol–water partition coefficient (Wildman–Crippen LogP) is 3.09. The first-order chi connectivity index (χ1) is 6.57. The normalized spacial score (nSPS) is 12.9. The van der Waals surface area contributed by atoms with Gasteiger partial charge in [0, 0.05) is 11.6 Å². The van der Waals surface area contributed by atoms with Crippen LogP contribution in [0.1, 0.15) is 31.4 Å². The third-order valence-corrected chi connectivity index (χ3v) is 2.71. The molecule has 0 heterocycles. The SMILES string of the molecule is CCC[C@H](N)c1ccc(Br)c(F)c1O. The molecular weight excluding hydrogens is 249 g/mol. The number of benzene rings is 1. The van der Waals surface area contributed by atoms with Crippen LogP contribution in [0, 0.1) is 5.82 Å². The Hall–Kier alpha value is -0.610. The number of hydrogen-bond donors (Lipinski definition) is 2. The molecule has 0 aliphatic carbocycles. The Morgan fingerprint density at radius 2 is 2.21 bits per heavy atom. The quantitative estimate of drug-likeness (QED) is 0.879. The smallest absolute Gasteiger partial charge is 0.179 e. The van der Waals surface area contributed by atoms with E-state index in [4.69, 9.17) is 5.73 Å². The maximum Gasteiger partial charge on any atom is 0.179 e. The van der Waals surface area contributed by atoms with Gasteiger partial charge in [0.15, 0.2) is 11.6 Å². The fraction of sp³-hybridized carbons (Fsp3) is 0.400. The third kappa shape index (κ3) is 2.25. The van der Waals surface area contributed by atoms with E-state index in [2.05, 4.69) is 15.9 Å². The van der Waals surface area contributed by atoms with Crippen LogP contribution in [0.4, 0.5) is 4.39 Å². The molecule has 0 aliphatic heterocycles. The van der Waals surface area contributed by atoms with Crippen molar-refractivity contribution in [3.63, 3.8) is 0 Å². The molecule has 1 atom stereocenters. The van der Waals surface area contributed by atoms with Gasteiger partial charge in [0.25, 0.3) is 0 Å². The first-order valence-corrected chi connectivity index (χ1v) is 5.29. The van der Waals surface area contributed by atoms with Gasteiger partial charge in [-0.1, -0.05) is 19.4 Å². The van der Waals surface area contributed by atoms with Crippen molar-refractivity contribution < 1.29 is 9.50 Å². The van der Waals surface area contributed by atoms with E-state index in [0.29, 0.717) is 5.56 Å². The van der Waals surface area contributed by atoms with E-state index < -0.39 is 5.82 Å². The molecule has 0 saturated heterocycles. The van der Waals surface area contributed by atoms with Gasteiger partial charge in [-0.2, -0.15) is 0 Å². The van der Waals surface area contributed by atoms with Crippen molar-refractivity contribution >= 4 is 15.9 Å². The molecule has 3 N–H and O–H groups in total. The molecule has 0 aliphatic rings. The summed E-state index contributed by atoms with van der Waals surface area (Å²) in [5.74, 6) is -0.991. The number of aromatic hydroxyl groups is 1.